The molecule has 6 heteroatoms. The molecule has 4 heterocycles. The maximum absolute atomic E-state index is 4.60. The predicted molar refractivity (Wildman–Crippen MR) is 269 cm³/mol. The van der Waals surface area contributed by atoms with Crippen LogP contribution in [0.25, 0.3) is 72.4 Å². The molecule has 4 aromatic heterocycles. The van der Waals surface area contributed by atoms with Gasteiger partial charge in [0.25, 0.3) is 0 Å². The molecule has 0 fully saturated rings. The molecule has 9 aromatic rings. The van der Waals surface area contributed by atoms with Crippen LogP contribution in [0.15, 0.2) is 164 Å². The van der Waals surface area contributed by atoms with E-state index in [0.717, 1.165) is 0 Å². The van der Waals surface area contributed by atoms with Crippen molar-refractivity contribution in [3.05, 3.63) is 175 Å². The standard InChI is InChI=1S/C28H22N2P2.C8H7N.C8H11N.2C3H8.C3H4/c31-29-25-15-7-1-9-19(25)17-27(29)23-13-5-3-11-21(23)22-12-4-6-14-24(22)28-18-20-10-2-8-16-26(20)30(28)32;1-2-4-8-7(3-1)5-6-9-8;1-3-4-8-7(2)5-6-9-8;3*1-3-2/h1-18H,31-32H2;1-6,9H;3-6,9H,1-2H3;2*3H2,1-2H3;1H,2H3/b;;4-3-;;;. The van der Waals surface area contributed by atoms with Gasteiger partial charge in [-0.05, 0) is 110 Å². The molecular formula is C53H60N4P2. The van der Waals surface area contributed by atoms with Gasteiger partial charge in [-0.2, -0.15) is 0 Å². The zero-order valence-electron chi connectivity index (χ0n) is 35.7. The van der Waals surface area contributed by atoms with Crippen molar-refractivity contribution in [1.82, 2.24) is 18.6 Å². The molecule has 0 aliphatic rings. The lowest BCUT2D eigenvalue weighted by molar-refractivity contribution is 1.09. The number of hydrogen-bond donors (Lipinski definition) is 2. The van der Waals surface area contributed by atoms with Gasteiger partial charge in [-0.3, -0.25) is 0 Å². The molecule has 59 heavy (non-hydrogen) atoms. The lowest BCUT2D eigenvalue weighted by Crippen LogP contribution is -1.92. The van der Waals surface area contributed by atoms with Crippen molar-refractivity contribution in [3.8, 4) is 46.0 Å². The Morgan fingerprint density at radius 3 is 1.36 bits per heavy atom. The minimum Gasteiger partial charge on any atom is -0.361 e. The normalized spacial score (nSPS) is 10.2. The number of H-pyrrole nitrogens is 2. The first-order chi connectivity index (χ1) is 28.8. The lowest BCUT2D eigenvalue weighted by atomic mass is 9.92. The van der Waals surface area contributed by atoms with Crippen molar-refractivity contribution in [2.45, 2.75) is 61.3 Å². The monoisotopic (exact) mass is 814 g/mol. The molecule has 4 nitrogen and oxygen atoms in total. The minimum atomic E-state index is 1.19. The van der Waals surface area contributed by atoms with Crippen molar-refractivity contribution >= 4 is 57.6 Å². The van der Waals surface area contributed by atoms with Crippen molar-refractivity contribution in [2.75, 3.05) is 0 Å². The van der Waals surface area contributed by atoms with Crippen LogP contribution in [0.2, 0.25) is 0 Å². The van der Waals surface area contributed by atoms with Crippen LogP contribution >= 0.6 is 18.8 Å². The minimum absolute atomic E-state index is 1.19. The molecule has 0 bridgehead atoms. The highest BCUT2D eigenvalue weighted by atomic mass is 31.0. The number of allylic oxidation sites excluding steroid dienone is 1. The van der Waals surface area contributed by atoms with Crippen molar-refractivity contribution < 1.29 is 0 Å². The molecule has 0 saturated heterocycles. The zero-order valence-corrected chi connectivity index (χ0v) is 38.0. The Morgan fingerprint density at radius 2 is 0.949 bits per heavy atom. The molecule has 302 valence electrons. The van der Waals surface area contributed by atoms with E-state index in [9.17, 15) is 0 Å². The summed E-state index contributed by atoms with van der Waals surface area (Å²) in [4.78, 5) is 6.24. The van der Waals surface area contributed by atoms with E-state index in [2.05, 4.69) is 224 Å². The van der Waals surface area contributed by atoms with Gasteiger partial charge in [0, 0.05) is 45.5 Å². The zero-order chi connectivity index (χ0) is 42.6. The van der Waals surface area contributed by atoms with Crippen molar-refractivity contribution in [3.63, 3.8) is 0 Å². The van der Waals surface area contributed by atoms with Crippen LogP contribution in [0, 0.1) is 19.3 Å². The second-order valence-corrected chi connectivity index (χ2v) is 14.9. The number of nitrogens with zero attached hydrogens (tertiary/aromatic N) is 2. The quantitative estimate of drug-likeness (QED) is 0.131. The van der Waals surface area contributed by atoms with E-state index in [1.54, 1.807) is 6.92 Å². The highest BCUT2D eigenvalue weighted by Crippen LogP contribution is 2.42. The van der Waals surface area contributed by atoms with Gasteiger partial charge < -0.3 is 18.6 Å². The summed E-state index contributed by atoms with van der Waals surface area (Å²) in [7, 11) is 5.77. The third-order valence-electron chi connectivity index (χ3n) is 8.99. The second-order valence-electron chi connectivity index (χ2n) is 13.9. The van der Waals surface area contributed by atoms with Gasteiger partial charge in [0.15, 0.2) is 0 Å². The summed E-state index contributed by atoms with van der Waals surface area (Å²) in [6.07, 6.45) is 15.1. The van der Waals surface area contributed by atoms with Crippen LogP contribution < -0.4 is 0 Å². The Morgan fingerprint density at radius 1 is 0.559 bits per heavy atom. The molecule has 0 amide bonds. The van der Waals surface area contributed by atoms with Gasteiger partial charge in [-0.15, -0.1) is 12.3 Å². The summed E-state index contributed by atoms with van der Waals surface area (Å²) in [6, 6.07) is 51.3. The summed E-state index contributed by atoms with van der Waals surface area (Å²) in [6.45, 7) is 14.3. The number of terminal acetylenes is 1. The van der Waals surface area contributed by atoms with Crippen molar-refractivity contribution in [1.29, 1.82) is 0 Å². The molecule has 5 aromatic carbocycles. The lowest BCUT2D eigenvalue weighted by Gasteiger charge is -2.15. The highest BCUT2D eigenvalue weighted by molar-refractivity contribution is 7.15. The summed E-state index contributed by atoms with van der Waals surface area (Å²) in [5, 5.41) is 3.76. The Hall–Kier alpha value is -5.84. The summed E-state index contributed by atoms with van der Waals surface area (Å²) in [5.74, 6) is 2.25. The smallest absolute Gasteiger partial charge is 0.0527 e. The number of aryl methyl sites for hydroxylation is 1. The molecule has 2 atom stereocenters. The first-order valence-electron chi connectivity index (χ1n) is 20.3. The third-order valence-corrected chi connectivity index (χ3v) is 10.1. The average molecular weight is 815 g/mol. The molecule has 0 radical (unpaired) electrons. The molecule has 0 aliphatic heterocycles. The van der Waals surface area contributed by atoms with E-state index in [4.69, 9.17) is 0 Å². The first-order valence-corrected chi connectivity index (χ1v) is 21.4. The van der Waals surface area contributed by atoms with E-state index in [0.29, 0.717) is 0 Å². The summed E-state index contributed by atoms with van der Waals surface area (Å²) in [5.41, 5.74) is 13.4. The Bertz CT molecular complexity index is 2540. The molecule has 9 rings (SSSR count). The molecule has 2 unspecified atom stereocenters. The highest BCUT2D eigenvalue weighted by Gasteiger charge is 2.17. The fraction of sp³-hybridized carbons (Fsp3) is 0.170. The van der Waals surface area contributed by atoms with Crippen LogP contribution in [0.1, 0.15) is 65.6 Å². The van der Waals surface area contributed by atoms with E-state index in [-0.39, 0.29) is 0 Å². The van der Waals surface area contributed by atoms with Crippen LogP contribution in [-0.2, 0) is 0 Å². The van der Waals surface area contributed by atoms with Gasteiger partial charge in [-0.1, -0.05) is 150 Å². The number of nitrogens with one attached hydrogen (secondary N) is 2. The molecule has 0 spiro atoms. The maximum Gasteiger partial charge on any atom is 0.0527 e. The average Bonchev–Trinajstić information content (AvgIpc) is 4.06. The number of rotatable bonds is 4. The number of benzene rings is 5. The van der Waals surface area contributed by atoms with Gasteiger partial charge >= 0.3 is 0 Å². The molecule has 2 N–H and O–H groups in total. The van der Waals surface area contributed by atoms with E-state index < -0.39 is 0 Å². The van der Waals surface area contributed by atoms with Gasteiger partial charge in [0.05, 0.1) is 22.4 Å². The second kappa shape index (κ2) is 24.2. The SMILES string of the molecule is C#CC.C/C=C\c1[nH]ccc1C.CCC.CCC.Pn1c(-c2ccccc2-c2ccccc2-c2cc3ccccc3n2P)cc2ccccc21.c1ccc2[nH]ccc2c1. The summed E-state index contributed by atoms with van der Waals surface area (Å²) >= 11 is 0. The third kappa shape index (κ3) is 12.1. The topological polar surface area (TPSA) is 41.4 Å². The van der Waals surface area contributed by atoms with Crippen molar-refractivity contribution in [2.24, 2.45) is 0 Å². The van der Waals surface area contributed by atoms with Crippen LogP contribution in [0.3, 0.4) is 0 Å². The van der Waals surface area contributed by atoms with Gasteiger partial charge in [0.2, 0.25) is 0 Å². The largest absolute Gasteiger partial charge is 0.361 e. The van der Waals surface area contributed by atoms with Gasteiger partial charge in [0.1, 0.15) is 0 Å². The van der Waals surface area contributed by atoms with E-state index in [1.165, 1.54) is 90.4 Å². The summed E-state index contributed by atoms with van der Waals surface area (Å²) < 4.78 is 4.42. The maximum atomic E-state index is 4.60. The first kappa shape index (κ1) is 45.9. The number of aromatic nitrogens is 4. The predicted octanol–water partition coefficient (Wildman–Crippen LogP) is 15.9. The fourth-order valence-electron chi connectivity index (χ4n) is 6.45. The molecule has 0 aliphatic carbocycles. The molecular weight excluding hydrogens is 755 g/mol. The number of hydrogen-bond acceptors (Lipinski definition) is 0. The fourth-order valence-corrected chi connectivity index (χ4v) is 7.35. The Kier molecular flexibility index (Phi) is 18.8. The Labute approximate surface area is 357 Å². The van der Waals surface area contributed by atoms with Crippen LogP contribution in [-0.4, -0.2) is 18.6 Å². The number of aromatic amines is 2. The Balaban J connectivity index is 0.000000230. The van der Waals surface area contributed by atoms with Gasteiger partial charge in [-0.25, -0.2) is 0 Å². The van der Waals surface area contributed by atoms with E-state index in [1.807, 2.05) is 37.5 Å². The number of fused-ring (bicyclic) bond motifs is 3. The molecule has 0 saturated carbocycles. The van der Waals surface area contributed by atoms with E-state index >= 15 is 0 Å². The van der Waals surface area contributed by atoms with Crippen LogP contribution in [0.4, 0.5) is 0 Å². The van der Waals surface area contributed by atoms with Crippen LogP contribution in [0.5, 0.6) is 0 Å². The number of para-hydroxylation sites is 3.